The molecule has 0 saturated carbocycles. The standard InChI is InChI=1S/C24H33NO3/c1-4-15-27-23-10-5-8-21(18(23)2)22-9-6-11-24(19(22)3)28-16-7-13-25-14-12-20(26)17-25/h5-6,8-11,20,26H,4,7,12-17H2,1-3H3/t20-/m1/s1. The minimum Gasteiger partial charge on any atom is -0.493 e. The summed E-state index contributed by atoms with van der Waals surface area (Å²) >= 11 is 0. The zero-order chi connectivity index (χ0) is 19.9. The number of benzene rings is 2. The second kappa shape index (κ2) is 9.94. The van der Waals surface area contributed by atoms with Crippen LogP contribution in [0.5, 0.6) is 11.5 Å². The van der Waals surface area contributed by atoms with Crippen LogP contribution in [0, 0.1) is 13.8 Å². The van der Waals surface area contributed by atoms with E-state index < -0.39 is 0 Å². The van der Waals surface area contributed by atoms with Gasteiger partial charge in [0, 0.05) is 19.6 Å². The molecule has 2 aromatic carbocycles. The summed E-state index contributed by atoms with van der Waals surface area (Å²) in [7, 11) is 0. The number of hydrogen-bond donors (Lipinski definition) is 1. The van der Waals surface area contributed by atoms with Crippen LogP contribution in [0.25, 0.3) is 11.1 Å². The number of nitrogens with zero attached hydrogens (tertiary/aromatic N) is 1. The maximum Gasteiger partial charge on any atom is 0.122 e. The van der Waals surface area contributed by atoms with Crippen molar-refractivity contribution in [2.75, 3.05) is 32.8 Å². The Morgan fingerprint density at radius 3 is 2.11 bits per heavy atom. The molecule has 0 unspecified atom stereocenters. The molecule has 3 rings (SSSR count). The number of β-amino-alcohol motifs (C(OH)–C–C–N with tert-alkyl or cyclic N) is 1. The lowest BCUT2D eigenvalue weighted by molar-refractivity contribution is 0.173. The van der Waals surface area contributed by atoms with Crippen LogP contribution < -0.4 is 9.47 Å². The third-order valence-corrected chi connectivity index (χ3v) is 5.44. The van der Waals surface area contributed by atoms with E-state index in [-0.39, 0.29) is 6.10 Å². The van der Waals surface area contributed by atoms with Crippen molar-refractivity contribution in [3.8, 4) is 22.6 Å². The minimum absolute atomic E-state index is 0.153. The van der Waals surface area contributed by atoms with Gasteiger partial charge in [0.15, 0.2) is 0 Å². The first-order valence-electron chi connectivity index (χ1n) is 10.5. The first-order chi connectivity index (χ1) is 13.6. The first-order valence-corrected chi connectivity index (χ1v) is 10.5. The quantitative estimate of drug-likeness (QED) is 0.643. The Balaban J connectivity index is 1.66. The second-order valence-corrected chi connectivity index (χ2v) is 7.65. The number of aliphatic hydroxyl groups is 1. The van der Waals surface area contributed by atoms with E-state index >= 15 is 0 Å². The fraction of sp³-hybridized carbons (Fsp3) is 0.500. The van der Waals surface area contributed by atoms with Gasteiger partial charge in [-0.3, -0.25) is 0 Å². The average molecular weight is 384 g/mol. The zero-order valence-electron chi connectivity index (χ0n) is 17.4. The van der Waals surface area contributed by atoms with Gasteiger partial charge >= 0.3 is 0 Å². The number of hydrogen-bond acceptors (Lipinski definition) is 4. The third-order valence-electron chi connectivity index (χ3n) is 5.44. The predicted octanol–water partition coefficient (Wildman–Crippen LogP) is 4.59. The highest BCUT2D eigenvalue weighted by atomic mass is 16.5. The summed E-state index contributed by atoms with van der Waals surface area (Å²) in [6.07, 6.45) is 2.71. The topological polar surface area (TPSA) is 41.9 Å². The van der Waals surface area contributed by atoms with Gasteiger partial charge in [0.05, 0.1) is 19.3 Å². The van der Waals surface area contributed by atoms with Crippen LogP contribution in [0.4, 0.5) is 0 Å². The molecule has 4 heteroatoms. The van der Waals surface area contributed by atoms with Crippen molar-refractivity contribution in [3.05, 3.63) is 47.5 Å². The zero-order valence-corrected chi connectivity index (χ0v) is 17.4. The van der Waals surface area contributed by atoms with Crippen molar-refractivity contribution in [1.29, 1.82) is 0 Å². The van der Waals surface area contributed by atoms with Crippen molar-refractivity contribution in [2.45, 2.75) is 46.1 Å². The van der Waals surface area contributed by atoms with E-state index in [9.17, 15) is 5.11 Å². The van der Waals surface area contributed by atoms with E-state index in [2.05, 4.69) is 49.9 Å². The second-order valence-electron chi connectivity index (χ2n) is 7.65. The van der Waals surface area contributed by atoms with E-state index in [1.165, 1.54) is 16.7 Å². The molecule has 2 aromatic rings. The summed E-state index contributed by atoms with van der Waals surface area (Å²) in [5, 5.41) is 9.62. The lowest BCUT2D eigenvalue weighted by Gasteiger charge is -2.18. The van der Waals surface area contributed by atoms with E-state index in [1.807, 2.05) is 12.1 Å². The van der Waals surface area contributed by atoms with Gasteiger partial charge in [-0.2, -0.15) is 0 Å². The monoisotopic (exact) mass is 383 g/mol. The Morgan fingerprint density at radius 2 is 1.57 bits per heavy atom. The van der Waals surface area contributed by atoms with Crippen LogP contribution in [0.3, 0.4) is 0 Å². The van der Waals surface area contributed by atoms with Gasteiger partial charge in [-0.05, 0) is 67.5 Å². The van der Waals surface area contributed by atoms with E-state index in [4.69, 9.17) is 9.47 Å². The summed E-state index contributed by atoms with van der Waals surface area (Å²) in [5.74, 6) is 1.90. The van der Waals surface area contributed by atoms with Gasteiger partial charge in [0.25, 0.3) is 0 Å². The molecule has 1 fully saturated rings. The van der Waals surface area contributed by atoms with Gasteiger partial charge in [0.2, 0.25) is 0 Å². The van der Waals surface area contributed by atoms with Crippen LogP contribution in [0.15, 0.2) is 36.4 Å². The molecule has 152 valence electrons. The van der Waals surface area contributed by atoms with Gasteiger partial charge in [-0.15, -0.1) is 0 Å². The van der Waals surface area contributed by atoms with Crippen molar-refractivity contribution in [3.63, 3.8) is 0 Å². The molecule has 1 aliphatic heterocycles. The average Bonchev–Trinajstić information content (AvgIpc) is 3.11. The maximum absolute atomic E-state index is 9.62. The summed E-state index contributed by atoms with van der Waals surface area (Å²) in [4.78, 5) is 2.31. The van der Waals surface area contributed by atoms with Gasteiger partial charge in [-0.25, -0.2) is 0 Å². The lowest BCUT2D eigenvalue weighted by Crippen LogP contribution is -2.24. The van der Waals surface area contributed by atoms with Crippen LogP contribution in [0.1, 0.15) is 37.3 Å². The SMILES string of the molecule is CCCOc1cccc(-c2cccc(OCCCN3CC[C@@H](O)C3)c2C)c1C. The molecule has 1 aliphatic rings. The molecular formula is C24H33NO3. The normalized spacial score (nSPS) is 17.1. The summed E-state index contributed by atoms with van der Waals surface area (Å²) < 4.78 is 12.0. The Bertz CT molecular complexity index is 774. The molecule has 28 heavy (non-hydrogen) atoms. The van der Waals surface area contributed by atoms with Crippen LogP contribution in [0.2, 0.25) is 0 Å². The summed E-state index contributed by atoms with van der Waals surface area (Å²) in [6.45, 7) is 10.6. The summed E-state index contributed by atoms with van der Waals surface area (Å²) in [5.41, 5.74) is 4.72. The first kappa shape index (κ1) is 20.7. The molecule has 4 nitrogen and oxygen atoms in total. The number of ether oxygens (including phenoxy) is 2. The van der Waals surface area contributed by atoms with Crippen LogP contribution in [-0.2, 0) is 0 Å². The summed E-state index contributed by atoms with van der Waals surface area (Å²) in [6, 6.07) is 12.5. The molecule has 0 radical (unpaired) electrons. The maximum atomic E-state index is 9.62. The van der Waals surface area contributed by atoms with Crippen molar-refractivity contribution < 1.29 is 14.6 Å². The smallest absolute Gasteiger partial charge is 0.122 e. The molecule has 1 atom stereocenters. The Kier molecular flexibility index (Phi) is 7.35. The third kappa shape index (κ3) is 5.06. The van der Waals surface area contributed by atoms with Crippen LogP contribution in [-0.4, -0.2) is 49.0 Å². The van der Waals surface area contributed by atoms with E-state index in [0.29, 0.717) is 6.61 Å². The molecule has 1 N–H and O–H groups in total. The Labute approximate surface area is 169 Å². The van der Waals surface area contributed by atoms with Gasteiger partial charge in [0.1, 0.15) is 11.5 Å². The fourth-order valence-corrected chi connectivity index (χ4v) is 3.82. The number of aliphatic hydroxyl groups excluding tert-OH is 1. The Hall–Kier alpha value is -2.04. The highest BCUT2D eigenvalue weighted by Gasteiger charge is 2.19. The highest BCUT2D eigenvalue weighted by Crippen LogP contribution is 2.35. The Morgan fingerprint density at radius 1 is 0.964 bits per heavy atom. The van der Waals surface area contributed by atoms with Crippen molar-refractivity contribution >= 4 is 0 Å². The molecule has 0 bridgehead atoms. The number of rotatable bonds is 9. The highest BCUT2D eigenvalue weighted by molar-refractivity contribution is 5.74. The molecule has 0 aliphatic carbocycles. The minimum atomic E-state index is -0.153. The lowest BCUT2D eigenvalue weighted by atomic mass is 9.95. The largest absolute Gasteiger partial charge is 0.493 e. The molecule has 1 saturated heterocycles. The molecule has 0 aromatic heterocycles. The van der Waals surface area contributed by atoms with Crippen molar-refractivity contribution in [1.82, 2.24) is 4.90 Å². The van der Waals surface area contributed by atoms with Crippen LogP contribution >= 0.6 is 0 Å². The molecular weight excluding hydrogens is 350 g/mol. The predicted molar refractivity (Wildman–Crippen MR) is 114 cm³/mol. The molecule has 0 spiro atoms. The fourth-order valence-electron chi connectivity index (χ4n) is 3.82. The van der Waals surface area contributed by atoms with E-state index in [0.717, 1.165) is 62.6 Å². The van der Waals surface area contributed by atoms with Gasteiger partial charge in [-0.1, -0.05) is 31.2 Å². The van der Waals surface area contributed by atoms with E-state index in [1.54, 1.807) is 0 Å². The van der Waals surface area contributed by atoms with Crippen molar-refractivity contribution in [2.24, 2.45) is 0 Å². The molecule has 1 heterocycles. The molecule has 0 amide bonds. The van der Waals surface area contributed by atoms with Gasteiger partial charge < -0.3 is 19.5 Å². The number of likely N-dealkylation sites (tertiary alicyclic amines) is 1.